The van der Waals surface area contributed by atoms with Crippen LogP contribution in [0.4, 0.5) is 5.69 Å². The van der Waals surface area contributed by atoms with Crippen molar-refractivity contribution >= 4 is 38.9 Å². The molecule has 3 aromatic rings. The third kappa shape index (κ3) is 5.19. The fourth-order valence-corrected chi connectivity index (χ4v) is 4.06. The Hall–Kier alpha value is -2.77. The van der Waals surface area contributed by atoms with Gasteiger partial charge >= 0.3 is 0 Å². The topological polar surface area (TPSA) is 83.6 Å². The van der Waals surface area contributed by atoms with Gasteiger partial charge < -0.3 is 20.2 Å². The van der Waals surface area contributed by atoms with Crippen molar-refractivity contribution in [3.05, 3.63) is 48.5 Å². The number of thiazole rings is 1. The van der Waals surface area contributed by atoms with Gasteiger partial charge in [0.1, 0.15) is 16.9 Å². The van der Waals surface area contributed by atoms with Crippen molar-refractivity contribution < 1.29 is 14.3 Å². The number of hydrogen-bond acceptors (Lipinski definition) is 6. The Morgan fingerprint density at radius 2 is 1.90 bits per heavy atom. The molecule has 0 aliphatic carbocycles. The van der Waals surface area contributed by atoms with Crippen LogP contribution in [0.3, 0.4) is 0 Å². The van der Waals surface area contributed by atoms with Gasteiger partial charge in [-0.25, -0.2) is 4.98 Å². The number of carbonyl (C=O) groups is 2. The highest BCUT2D eigenvalue weighted by Crippen LogP contribution is 2.32. The summed E-state index contributed by atoms with van der Waals surface area (Å²) in [5, 5.41) is 7.19. The molecule has 1 saturated heterocycles. The fraction of sp³-hybridized carbons (Fsp3) is 0.318. The first kappa shape index (κ1) is 19.5. The fourth-order valence-electron chi connectivity index (χ4n) is 3.09. The van der Waals surface area contributed by atoms with Crippen molar-refractivity contribution in [3.8, 4) is 10.6 Å². The average Bonchev–Trinajstić information content (AvgIpc) is 3.29. The second-order valence-electron chi connectivity index (χ2n) is 7.14. The Balaban J connectivity index is 1.23. The van der Waals surface area contributed by atoms with E-state index in [4.69, 9.17) is 4.74 Å². The Morgan fingerprint density at radius 3 is 2.66 bits per heavy atom. The number of fused-ring (bicyclic) bond motifs is 1. The molecule has 1 fully saturated rings. The maximum absolute atomic E-state index is 11.6. The summed E-state index contributed by atoms with van der Waals surface area (Å²) in [6, 6.07) is 16.3. The number of amides is 1. The summed E-state index contributed by atoms with van der Waals surface area (Å²) in [5.41, 5.74) is 3.11. The molecule has 7 heteroatoms. The summed E-state index contributed by atoms with van der Waals surface area (Å²) < 4.78 is 6.82. The van der Waals surface area contributed by atoms with Gasteiger partial charge in [-0.2, -0.15) is 0 Å². The molecule has 2 N–H and O–H groups in total. The summed E-state index contributed by atoms with van der Waals surface area (Å²) in [7, 11) is 0. The van der Waals surface area contributed by atoms with Crippen LogP contribution in [-0.2, 0) is 14.3 Å². The van der Waals surface area contributed by atoms with Gasteiger partial charge in [0.05, 0.1) is 10.2 Å². The van der Waals surface area contributed by atoms with Crippen LogP contribution in [-0.4, -0.2) is 35.6 Å². The molecule has 0 saturated carbocycles. The largest absolute Gasteiger partial charge is 0.358 e. The van der Waals surface area contributed by atoms with Gasteiger partial charge in [0.15, 0.2) is 6.23 Å². The van der Waals surface area contributed by atoms with Crippen LogP contribution in [0.2, 0.25) is 0 Å². The first-order valence-electron chi connectivity index (χ1n) is 9.72. The van der Waals surface area contributed by atoms with Crippen LogP contribution >= 0.6 is 11.3 Å². The van der Waals surface area contributed by atoms with E-state index in [1.807, 2.05) is 30.3 Å². The highest BCUT2D eigenvalue weighted by Gasteiger charge is 2.38. The van der Waals surface area contributed by atoms with Crippen molar-refractivity contribution in [1.82, 2.24) is 10.3 Å². The number of anilines is 1. The Kier molecular flexibility index (Phi) is 5.87. The number of benzene rings is 2. The summed E-state index contributed by atoms with van der Waals surface area (Å²) >= 11 is 1.69. The zero-order valence-electron chi connectivity index (χ0n) is 16.2. The maximum atomic E-state index is 11.6. The molecule has 1 aliphatic rings. The number of hydrogen-bond donors (Lipinski definition) is 2. The van der Waals surface area contributed by atoms with Gasteiger partial charge in [-0.1, -0.05) is 12.1 Å². The Labute approximate surface area is 173 Å². The molecule has 1 aromatic heterocycles. The molecule has 2 heterocycles. The van der Waals surface area contributed by atoms with E-state index in [0.717, 1.165) is 28.2 Å². The lowest BCUT2D eigenvalue weighted by molar-refractivity contribution is -0.124. The van der Waals surface area contributed by atoms with Crippen molar-refractivity contribution in [2.45, 2.75) is 38.5 Å². The number of aromatic nitrogens is 1. The van der Waals surface area contributed by atoms with E-state index in [1.54, 1.807) is 11.3 Å². The van der Waals surface area contributed by atoms with Gasteiger partial charge in [0.2, 0.25) is 5.91 Å². The first-order valence-corrected chi connectivity index (χ1v) is 10.5. The standard InChI is InChI=1S/C22H23N3O3S/c1-14(26)6-11-20(27)23-13-12-18-21(28-18)24-16-9-7-15(8-10-16)22-25-17-4-2-3-5-19(17)29-22/h2-5,7-10,18,21,24H,6,11-13H2,1H3,(H,23,27). The van der Waals surface area contributed by atoms with E-state index in [1.165, 1.54) is 11.6 Å². The van der Waals surface area contributed by atoms with Crippen molar-refractivity contribution in [2.75, 3.05) is 11.9 Å². The zero-order valence-corrected chi connectivity index (χ0v) is 17.0. The van der Waals surface area contributed by atoms with E-state index < -0.39 is 0 Å². The molecule has 29 heavy (non-hydrogen) atoms. The van der Waals surface area contributed by atoms with Crippen LogP contribution in [0.5, 0.6) is 0 Å². The Bertz CT molecular complexity index is 983. The monoisotopic (exact) mass is 409 g/mol. The minimum Gasteiger partial charge on any atom is -0.358 e. The number of ketones is 1. The van der Waals surface area contributed by atoms with Crippen LogP contribution in [0, 0.1) is 0 Å². The van der Waals surface area contributed by atoms with E-state index >= 15 is 0 Å². The molecule has 2 unspecified atom stereocenters. The molecule has 0 radical (unpaired) electrons. The average molecular weight is 410 g/mol. The number of rotatable bonds is 9. The smallest absolute Gasteiger partial charge is 0.220 e. The summed E-state index contributed by atoms with van der Waals surface area (Å²) in [6.45, 7) is 2.04. The highest BCUT2D eigenvalue weighted by atomic mass is 32.1. The molecule has 0 bridgehead atoms. The predicted molar refractivity (Wildman–Crippen MR) is 115 cm³/mol. The van der Waals surface area contributed by atoms with Crippen LogP contribution in [0.25, 0.3) is 20.8 Å². The second kappa shape index (κ2) is 8.71. The van der Waals surface area contributed by atoms with Gasteiger partial charge in [0.25, 0.3) is 0 Å². The lowest BCUT2D eigenvalue weighted by atomic mass is 10.2. The first-order chi connectivity index (χ1) is 14.1. The van der Waals surface area contributed by atoms with Gasteiger partial charge in [0, 0.05) is 30.6 Å². The minimum absolute atomic E-state index is 0.0302. The molecule has 1 aliphatic heterocycles. The molecule has 6 nitrogen and oxygen atoms in total. The number of carbonyl (C=O) groups excluding carboxylic acids is 2. The number of epoxide rings is 1. The molecule has 0 spiro atoms. The third-order valence-corrected chi connectivity index (χ3v) is 5.86. The van der Waals surface area contributed by atoms with Crippen molar-refractivity contribution in [2.24, 2.45) is 0 Å². The summed E-state index contributed by atoms with van der Waals surface area (Å²) in [5.74, 6) is -0.0557. The molecule has 2 aromatic carbocycles. The zero-order chi connectivity index (χ0) is 20.2. The van der Waals surface area contributed by atoms with Gasteiger partial charge in [-0.3, -0.25) is 4.79 Å². The van der Waals surface area contributed by atoms with Gasteiger partial charge in [-0.05, 0) is 49.7 Å². The minimum atomic E-state index is -0.0872. The van der Waals surface area contributed by atoms with E-state index in [9.17, 15) is 9.59 Å². The molecular formula is C22H23N3O3S. The third-order valence-electron chi connectivity index (χ3n) is 4.77. The lowest BCUT2D eigenvalue weighted by Gasteiger charge is -2.05. The predicted octanol–water partition coefficient (Wildman–Crippen LogP) is 3.98. The van der Waals surface area contributed by atoms with E-state index in [-0.39, 0.29) is 30.4 Å². The molecule has 1 amide bonds. The van der Waals surface area contributed by atoms with Crippen LogP contribution in [0.15, 0.2) is 48.5 Å². The van der Waals surface area contributed by atoms with Crippen LogP contribution < -0.4 is 10.6 Å². The van der Waals surface area contributed by atoms with Crippen molar-refractivity contribution in [1.29, 1.82) is 0 Å². The summed E-state index contributed by atoms with van der Waals surface area (Å²) in [6.07, 6.45) is 1.35. The molecule has 150 valence electrons. The number of nitrogens with zero attached hydrogens (tertiary/aromatic N) is 1. The summed E-state index contributed by atoms with van der Waals surface area (Å²) in [4.78, 5) is 27.2. The highest BCUT2D eigenvalue weighted by molar-refractivity contribution is 7.21. The number of para-hydroxylation sites is 1. The molecule has 4 rings (SSSR count). The van der Waals surface area contributed by atoms with Gasteiger partial charge in [-0.15, -0.1) is 11.3 Å². The number of nitrogens with one attached hydrogen (secondary N) is 2. The van der Waals surface area contributed by atoms with Crippen LogP contribution in [0.1, 0.15) is 26.2 Å². The normalized spacial score (nSPS) is 17.8. The second-order valence-corrected chi connectivity index (χ2v) is 8.17. The van der Waals surface area contributed by atoms with E-state index in [0.29, 0.717) is 13.0 Å². The maximum Gasteiger partial charge on any atom is 0.220 e. The van der Waals surface area contributed by atoms with Crippen molar-refractivity contribution in [3.63, 3.8) is 0 Å². The number of ether oxygens (including phenoxy) is 1. The SMILES string of the molecule is CC(=O)CCC(=O)NCCC1OC1Nc1ccc(-c2nc3ccccc3s2)cc1. The molecule has 2 atom stereocenters. The Morgan fingerprint density at radius 1 is 1.10 bits per heavy atom. The number of Topliss-reactive ketones (excluding diaryl/α,β-unsaturated/α-hetero) is 1. The molecular weight excluding hydrogens is 386 g/mol. The quantitative estimate of drug-likeness (QED) is 0.523. The van der Waals surface area contributed by atoms with E-state index in [2.05, 4.69) is 33.8 Å². The lowest BCUT2D eigenvalue weighted by Crippen LogP contribution is -2.26.